The van der Waals surface area contributed by atoms with Gasteiger partial charge in [-0.15, -0.1) is 0 Å². The zero-order valence-electron chi connectivity index (χ0n) is 15.9. The average Bonchev–Trinajstić information content (AvgIpc) is 3.11. The number of hydrazine groups is 1. The molecule has 1 fully saturated rings. The molecule has 2 N–H and O–H groups in total. The van der Waals surface area contributed by atoms with Crippen molar-refractivity contribution in [2.45, 2.75) is 19.0 Å². The maximum atomic E-state index is 4.53. The third-order valence-electron chi connectivity index (χ3n) is 4.94. The number of nitrogens with zero attached hydrogens (tertiary/aromatic N) is 3. The molecule has 2 atom stereocenters. The van der Waals surface area contributed by atoms with Crippen molar-refractivity contribution in [3.63, 3.8) is 0 Å². The summed E-state index contributed by atoms with van der Waals surface area (Å²) in [7, 11) is 4.28. The maximum Gasteiger partial charge on any atom is 0.0543 e. The van der Waals surface area contributed by atoms with Crippen LogP contribution in [0.5, 0.6) is 0 Å². The Hall–Kier alpha value is -1.79. The monoisotopic (exact) mass is 353 g/mol. The van der Waals surface area contributed by atoms with Gasteiger partial charge in [0.2, 0.25) is 0 Å². The topological polar surface area (TPSA) is 43.4 Å². The van der Waals surface area contributed by atoms with E-state index < -0.39 is 0 Å². The molecular formula is C21H31N5. The van der Waals surface area contributed by atoms with Crippen LogP contribution in [0.3, 0.4) is 0 Å². The summed E-state index contributed by atoms with van der Waals surface area (Å²) in [6.07, 6.45) is 3.06. The van der Waals surface area contributed by atoms with Gasteiger partial charge in [-0.05, 0) is 51.3 Å². The minimum Gasteiger partial charge on any atom is -0.309 e. The Morgan fingerprint density at radius 2 is 1.85 bits per heavy atom. The predicted molar refractivity (Wildman–Crippen MR) is 106 cm³/mol. The van der Waals surface area contributed by atoms with Crippen molar-refractivity contribution in [2.24, 2.45) is 5.92 Å². The van der Waals surface area contributed by atoms with Gasteiger partial charge in [0.1, 0.15) is 0 Å². The van der Waals surface area contributed by atoms with Gasteiger partial charge in [0.25, 0.3) is 0 Å². The van der Waals surface area contributed by atoms with Crippen molar-refractivity contribution in [1.82, 2.24) is 25.6 Å². The molecule has 5 nitrogen and oxygen atoms in total. The van der Waals surface area contributed by atoms with Crippen LogP contribution in [0.4, 0.5) is 0 Å². The Labute approximate surface area is 157 Å². The summed E-state index contributed by atoms with van der Waals surface area (Å²) in [5.41, 5.74) is 9.33. The Morgan fingerprint density at radius 1 is 1.04 bits per heavy atom. The summed E-state index contributed by atoms with van der Waals surface area (Å²) >= 11 is 0. The molecule has 140 valence electrons. The largest absolute Gasteiger partial charge is 0.309 e. The first kappa shape index (κ1) is 19.0. The van der Waals surface area contributed by atoms with Crippen LogP contribution in [0.25, 0.3) is 0 Å². The molecule has 2 heterocycles. The van der Waals surface area contributed by atoms with E-state index in [0.717, 1.165) is 38.4 Å². The third kappa shape index (κ3) is 5.61. The van der Waals surface area contributed by atoms with Gasteiger partial charge in [0.15, 0.2) is 0 Å². The number of rotatable bonds is 9. The number of aromatic nitrogens is 1. The molecule has 0 aliphatic carbocycles. The fraction of sp³-hybridized carbons (Fsp3) is 0.476. The molecule has 26 heavy (non-hydrogen) atoms. The van der Waals surface area contributed by atoms with Crippen molar-refractivity contribution in [3.8, 4) is 0 Å². The summed E-state index contributed by atoms with van der Waals surface area (Å²) in [5.74, 6) is 0.542. The number of nitrogens with one attached hydrogen (secondary N) is 2. The summed E-state index contributed by atoms with van der Waals surface area (Å²) in [6.45, 7) is 5.16. The second-order valence-electron chi connectivity index (χ2n) is 7.39. The molecule has 2 aromatic rings. The lowest BCUT2D eigenvalue weighted by molar-refractivity contribution is 0.205. The lowest BCUT2D eigenvalue weighted by Crippen LogP contribution is -2.34. The summed E-state index contributed by atoms with van der Waals surface area (Å²) in [6, 6.07) is 17.3. The normalized spacial score (nSPS) is 20.2. The van der Waals surface area contributed by atoms with Crippen molar-refractivity contribution in [1.29, 1.82) is 0 Å². The first-order valence-electron chi connectivity index (χ1n) is 9.52. The molecule has 1 saturated heterocycles. The standard InChI is InChI=1S/C21H31N5/c1-25(2)13-8-14-26(17-20-11-6-7-12-22-20)16-19-15-23-24-21(19)18-9-4-3-5-10-18/h3-7,9-12,19,21,23-24H,8,13-17H2,1-2H3. The van der Waals surface area contributed by atoms with E-state index in [1.54, 1.807) is 0 Å². The molecule has 1 aliphatic heterocycles. The van der Waals surface area contributed by atoms with E-state index in [4.69, 9.17) is 0 Å². The fourth-order valence-electron chi connectivity index (χ4n) is 3.62. The van der Waals surface area contributed by atoms with Crippen LogP contribution in [-0.4, -0.2) is 55.1 Å². The van der Waals surface area contributed by atoms with E-state index >= 15 is 0 Å². The molecule has 5 heteroatoms. The average molecular weight is 354 g/mol. The van der Waals surface area contributed by atoms with Gasteiger partial charge in [-0.3, -0.25) is 15.3 Å². The first-order valence-corrected chi connectivity index (χ1v) is 9.52. The lowest BCUT2D eigenvalue weighted by atomic mass is 9.94. The highest BCUT2D eigenvalue weighted by Crippen LogP contribution is 2.26. The summed E-state index contributed by atoms with van der Waals surface area (Å²) in [4.78, 5) is 9.34. The van der Waals surface area contributed by atoms with Gasteiger partial charge < -0.3 is 4.90 Å². The quantitative estimate of drug-likeness (QED) is 0.724. The van der Waals surface area contributed by atoms with Gasteiger partial charge in [-0.2, -0.15) is 0 Å². The molecule has 0 bridgehead atoms. The molecule has 1 aliphatic rings. The van der Waals surface area contributed by atoms with Crippen LogP contribution < -0.4 is 10.9 Å². The Morgan fingerprint density at radius 3 is 2.58 bits per heavy atom. The van der Waals surface area contributed by atoms with E-state index in [-0.39, 0.29) is 0 Å². The molecule has 1 aromatic carbocycles. The maximum absolute atomic E-state index is 4.53. The smallest absolute Gasteiger partial charge is 0.0543 e. The minimum absolute atomic E-state index is 0.358. The zero-order chi connectivity index (χ0) is 18.2. The molecule has 0 radical (unpaired) electrons. The van der Waals surface area contributed by atoms with Gasteiger partial charge in [0.05, 0.1) is 11.7 Å². The van der Waals surface area contributed by atoms with Gasteiger partial charge in [-0.1, -0.05) is 36.4 Å². The van der Waals surface area contributed by atoms with Crippen molar-refractivity contribution < 1.29 is 0 Å². The summed E-state index contributed by atoms with van der Waals surface area (Å²) in [5, 5.41) is 0. The second kappa shape index (κ2) is 9.78. The number of hydrogen-bond acceptors (Lipinski definition) is 5. The van der Waals surface area contributed by atoms with Crippen molar-refractivity contribution in [3.05, 3.63) is 66.0 Å². The van der Waals surface area contributed by atoms with Crippen LogP contribution >= 0.6 is 0 Å². The van der Waals surface area contributed by atoms with Gasteiger partial charge >= 0.3 is 0 Å². The summed E-state index contributed by atoms with van der Waals surface area (Å²) < 4.78 is 0. The van der Waals surface area contributed by atoms with Crippen LogP contribution in [-0.2, 0) is 6.54 Å². The van der Waals surface area contributed by atoms with Crippen molar-refractivity contribution >= 4 is 0 Å². The number of hydrogen-bond donors (Lipinski definition) is 2. The van der Waals surface area contributed by atoms with Crippen molar-refractivity contribution in [2.75, 3.05) is 40.3 Å². The Bertz CT molecular complexity index is 631. The predicted octanol–water partition coefficient (Wildman–Crippen LogP) is 2.30. The molecule has 0 spiro atoms. The molecule has 3 rings (SSSR count). The number of pyridine rings is 1. The van der Waals surface area contributed by atoms with Crippen LogP contribution in [0.1, 0.15) is 23.7 Å². The molecule has 0 amide bonds. The van der Waals surface area contributed by atoms with E-state index in [2.05, 4.69) is 82.2 Å². The van der Waals surface area contributed by atoms with Crippen LogP contribution in [0.15, 0.2) is 54.7 Å². The second-order valence-corrected chi connectivity index (χ2v) is 7.39. The minimum atomic E-state index is 0.358. The number of benzene rings is 1. The lowest BCUT2D eigenvalue weighted by Gasteiger charge is -2.28. The highest BCUT2D eigenvalue weighted by atomic mass is 15.4. The van der Waals surface area contributed by atoms with E-state index in [1.807, 2.05) is 12.3 Å². The molecule has 1 aromatic heterocycles. The highest BCUT2D eigenvalue weighted by molar-refractivity contribution is 5.20. The Kier molecular flexibility index (Phi) is 7.14. The van der Waals surface area contributed by atoms with Gasteiger partial charge in [-0.25, -0.2) is 5.43 Å². The molecule has 2 unspecified atom stereocenters. The fourth-order valence-corrected chi connectivity index (χ4v) is 3.62. The highest BCUT2D eigenvalue weighted by Gasteiger charge is 2.29. The SMILES string of the molecule is CN(C)CCCN(Cc1ccccn1)CC1CNNC1c1ccccc1. The molecular weight excluding hydrogens is 322 g/mol. The first-order chi connectivity index (χ1) is 12.7. The van der Waals surface area contributed by atoms with E-state index in [1.165, 1.54) is 12.0 Å². The van der Waals surface area contributed by atoms with Crippen LogP contribution in [0, 0.1) is 5.92 Å². The third-order valence-corrected chi connectivity index (χ3v) is 4.94. The van der Waals surface area contributed by atoms with Gasteiger partial charge in [0, 0.05) is 31.7 Å². The van der Waals surface area contributed by atoms with Crippen LogP contribution in [0.2, 0.25) is 0 Å². The zero-order valence-corrected chi connectivity index (χ0v) is 15.9. The van der Waals surface area contributed by atoms with E-state index in [9.17, 15) is 0 Å². The Balaban J connectivity index is 1.65. The van der Waals surface area contributed by atoms with E-state index in [0.29, 0.717) is 12.0 Å². The molecule has 0 saturated carbocycles.